The van der Waals surface area contributed by atoms with Crippen molar-refractivity contribution >= 4 is 34.7 Å². The van der Waals surface area contributed by atoms with Gasteiger partial charge in [0.2, 0.25) is 0 Å². The third kappa shape index (κ3) is 6.26. The minimum Gasteiger partial charge on any atom is -0.494 e. The van der Waals surface area contributed by atoms with Gasteiger partial charge in [0, 0.05) is 24.5 Å². The first-order valence-corrected chi connectivity index (χ1v) is 11.4. The molecule has 33 heavy (non-hydrogen) atoms. The van der Waals surface area contributed by atoms with Gasteiger partial charge in [0.05, 0.1) is 12.2 Å². The SMILES string of the molecule is CCOc1ccc(OCC(=O)Nc2sc3c(c2C#N)CCN(Cc2ccccc2)C3)cc1.Cl. The second-order valence-electron chi connectivity index (χ2n) is 7.51. The maximum absolute atomic E-state index is 12.5. The number of rotatable bonds is 8. The summed E-state index contributed by atoms with van der Waals surface area (Å²) in [6, 6.07) is 19.8. The van der Waals surface area contributed by atoms with Crippen LogP contribution in [0.5, 0.6) is 11.5 Å². The van der Waals surface area contributed by atoms with Gasteiger partial charge in [-0.15, -0.1) is 23.7 Å². The highest BCUT2D eigenvalue weighted by Crippen LogP contribution is 2.37. The monoisotopic (exact) mass is 483 g/mol. The van der Waals surface area contributed by atoms with Crippen LogP contribution in [0.3, 0.4) is 0 Å². The van der Waals surface area contributed by atoms with Crippen LogP contribution in [0.15, 0.2) is 54.6 Å². The summed E-state index contributed by atoms with van der Waals surface area (Å²) in [4.78, 5) is 16.0. The van der Waals surface area contributed by atoms with Crippen molar-refractivity contribution in [3.8, 4) is 17.6 Å². The van der Waals surface area contributed by atoms with Crippen molar-refractivity contribution in [1.82, 2.24) is 4.90 Å². The zero-order valence-electron chi connectivity index (χ0n) is 18.4. The molecule has 8 heteroatoms. The third-order valence-corrected chi connectivity index (χ3v) is 6.39. The molecule has 0 bridgehead atoms. The molecule has 4 rings (SSSR count). The largest absolute Gasteiger partial charge is 0.494 e. The van der Waals surface area contributed by atoms with Gasteiger partial charge in [-0.3, -0.25) is 9.69 Å². The minimum absolute atomic E-state index is 0. The third-order valence-electron chi connectivity index (χ3n) is 5.25. The first-order valence-electron chi connectivity index (χ1n) is 10.6. The van der Waals surface area contributed by atoms with Gasteiger partial charge < -0.3 is 14.8 Å². The van der Waals surface area contributed by atoms with Crippen LogP contribution in [0.25, 0.3) is 0 Å². The average molecular weight is 484 g/mol. The zero-order chi connectivity index (χ0) is 22.3. The van der Waals surface area contributed by atoms with Gasteiger partial charge in [0.1, 0.15) is 22.6 Å². The molecule has 0 saturated carbocycles. The number of nitrogens with one attached hydrogen (secondary N) is 1. The first-order chi connectivity index (χ1) is 15.7. The van der Waals surface area contributed by atoms with Crippen LogP contribution in [-0.2, 0) is 24.3 Å². The fraction of sp³-hybridized carbons (Fsp3) is 0.280. The molecule has 1 N–H and O–H groups in total. The molecule has 0 radical (unpaired) electrons. The normalized spacial score (nSPS) is 12.7. The molecule has 3 aromatic rings. The van der Waals surface area contributed by atoms with E-state index in [1.807, 2.05) is 25.1 Å². The number of anilines is 1. The summed E-state index contributed by atoms with van der Waals surface area (Å²) in [6.07, 6.45) is 0.806. The molecule has 2 heterocycles. The molecule has 0 saturated heterocycles. The van der Waals surface area contributed by atoms with Gasteiger partial charge in [-0.05, 0) is 48.7 Å². The highest BCUT2D eigenvalue weighted by Gasteiger charge is 2.25. The number of halogens is 1. The van der Waals surface area contributed by atoms with E-state index in [9.17, 15) is 10.1 Å². The Morgan fingerprint density at radius 2 is 1.82 bits per heavy atom. The van der Waals surface area contributed by atoms with Crippen LogP contribution in [0, 0.1) is 11.3 Å². The number of hydrogen-bond donors (Lipinski definition) is 1. The Hall–Kier alpha value is -3.05. The van der Waals surface area contributed by atoms with Crippen molar-refractivity contribution < 1.29 is 14.3 Å². The van der Waals surface area contributed by atoms with Crippen LogP contribution in [-0.4, -0.2) is 30.6 Å². The molecule has 1 aromatic heterocycles. The number of carbonyl (C=O) groups excluding carboxylic acids is 1. The number of hydrogen-bond acceptors (Lipinski definition) is 6. The molecule has 0 fully saturated rings. The van der Waals surface area contributed by atoms with E-state index in [1.54, 1.807) is 24.3 Å². The molecule has 0 aliphatic carbocycles. The summed E-state index contributed by atoms with van der Waals surface area (Å²) >= 11 is 1.49. The highest BCUT2D eigenvalue weighted by atomic mass is 35.5. The van der Waals surface area contributed by atoms with Crippen LogP contribution in [0.2, 0.25) is 0 Å². The van der Waals surface area contributed by atoms with Crippen molar-refractivity contribution in [3.05, 3.63) is 76.2 Å². The predicted molar refractivity (Wildman–Crippen MR) is 132 cm³/mol. The number of carbonyl (C=O) groups is 1. The number of nitriles is 1. The topological polar surface area (TPSA) is 74.6 Å². The first kappa shape index (κ1) is 24.6. The number of nitrogens with zero attached hydrogens (tertiary/aromatic N) is 2. The number of thiophene rings is 1. The standard InChI is InChI=1S/C25H25N3O3S.ClH/c1-2-30-19-8-10-20(11-9-19)31-17-24(29)27-25-22(14-26)21-12-13-28(16-23(21)32-25)15-18-6-4-3-5-7-18;/h3-11H,2,12-13,15-17H2,1H3,(H,27,29);1H. The lowest BCUT2D eigenvalue weighted by atomic mass is 10.0. The second kappa shape index (κ2) is 11.7. The van der Waals surface area contributed by atoms with Crippen molar-refractivity contribution in [3.63, 3.8) is 0 Å². The Bertz CT molecular complexity index is 1110. The van der Waals surface area contributed by atoms with Gasteiger partial charge in [0.15, 0.2) is 6.61 Å². The zero-order valence-corrected chi connectivity index (χ0v) is 20.0. The van der Waals surface area contributed by atoms with E-state index in [0.29, 0.717) is 22.9 Å². The fourth-order valence-corrected chi connectivity index (χ4v) is 5.01. The van der Waals surface area contributed by atoms with E-state index >= 15 is 0 Å². The molecule has 0 unspecified atom stereocenters. The predicted octanol–water partition coefficient (Wildman–Crippen LogP) is 5.02. The maximum Gasteiger partial charge on any atom is 0.262 e. The molecule has 6 nitrogen and oxygen atoms in total. The number of ether oxygens (including phenoxy) is 2. The van der Waals surface area contributed by atoms with Crippen molar-refractivity contribution in [2.45, 2.75) is 26.4 Å². The molecule has 0 atom stereocenters. The van der Waals surface area contributed by atoms with Gasteiger partial charge in [-0.2, -0.15) is 5.26 Å². The Kier molecular flexibility index (Phi) is 8.72. The van der Waals surface area contributed by atoms with Gasteiger partial charge in [-0.1, -0.05) is 30.3 Å². The van der Waals surface area contributed by atoms with Crippen LogP contribution in [0.1, 0.15) is 28.5 Å². The van der Waals surface area contributed by atoms with Gasteiger partial charge in [0.25, 0.3) is 5.91 Å². The summed E-state index contributed by atoms with van der Waals surface area (Å²) in [6.45, 7) is 4.94. The molecule has 1 aliphatic heterocycles. The van der Waals surface area contributed by atoms with E-state index in [1.165, 1.54) is 16.9 Å². The summed E-state index contributed by atoms with van der Waals surface area (Å²) in [5, 5.41) is 13.2. The molecule has 2 aromatic carbocycles. The summed E-state index contributed by atoms with van der Waals surface area (Å²) in [5.41, 5.74) is 2.91. The Morgan fingerprint density at radius 1 is 1.12 bits per heavy atom. The second-order valence-corrected chi connectivity index (χ2v) is 8.61. The van der Waals surface area contributed by atoms with Crippen molar-refractivity contribution in [2.24, 2.45) is 0 Å². The lowest BCUT2D eigenvalue weighted by Crippen LogP contribution is -2.29. The van der Waals surface area contributed by atoms with E-state index in [4.69, 9.17) is 9.47 Å². The smallest absolute Gasteiger partial charge is 0.262 e. The quantitative estimate of drug-likeness (QED) is 0.487. The minimum atomic E-state index is -0.282. The summed E-state index contributed by atoms with van der Waals surface area (Å²) in [7, 11) is 0. The van der Waals surface area contributed by atoms with Gasteiger partial charge >= 0.3 is 0 Å². The van der Waals surface area contributed by atoms with E-state index in [-0.39, 0.29) is 24.9 Å². The Balaban J connectivity index is 0.00000306. The fourth-order valence-electron chi connectivity index (χ4n) is 3.75. The molecular formula is C25H26ClN3O3S. The molecule has 1 aliphatic rings. The lowest BCUT2D eigenvalue weighted by Gasteiger charge is -2.26. The Labute approximate surface area is 204 Å². The molecular weight excluding hydrogens is 458 g/mol. The summed E-state index contributed by atoms with van der Waals surface area (Å²) in [5.74, 6) is 1.06. The van der Waals surface area contributed by atoms with E-state index < -0.39 is 0 Å². The molecule has 1 amide bonds. The van der Waals surface area contributed by atoms with E-state index in [2.05, 4.69) is 28.4 Å². The lowest BCUT2D eigenvalue weighted by molar-refractivity contribution is -0.118. The van der Waals surface area contributed by atoms with Crippen LogP contribution < -0.4 is 14.8 Å². The molecule has 0 spiro atoms. The average Bonchev–Trinajstić information content (AvgIpc) is 3.15. The number of benzene rings is 2. The van der Waals surface area contributed by atoms with Crippen LogP contribution in [0.4, 0.5) is 5.00 Å². The molecule has 172 valence electrons. The van der Waals surface area contributed by atoms with Gasteiger partial charge in [-0.25, -0.2) is 0 Å². The van der Waals surface area contributed by atoms with Crippen LogP contribution >= 0.6 is 23.7 Å². The summed E-state index contributed by atoms with van der Waals surface area (Å²) < 4.78 is 11.0. The van der Waals surface area contributed by atoms with Crippen molar-refractivity contribution in [1.29, 1.82) is 5.26 Å². The van der Waals surface area contributed by atoms with Crippen molar-refractivity contribution in [2.75, 3.05) is 25.1 Å². The number of fused-ring (bicyclic) bond motifs is 1. The Morgan fingerprint density at radius 3 is 2.48 bits per heavy atom. The number of amides is 1. The van der Waals surface area contributed by atoms with E-state index in [0.717, 1.165) is 42.2 Å². The highest BCUT2D eigenvalue weighted by molar-refractivity contribution is 7.16. The maximum atomic E-state index is 12.5.